The number of aliphatic hydroxyl groups is 1. The first-order valence-corrected chi connectivity index (χ1v) is 8.08. The van der Waals surface area contributed by atoms with Gasteiger partial charge in [0.25, 0.3) is 6.04 Å². The van der Waals surface area contributed by atoms with Crippen molar-refractivity contribution in [2.24, 2.45) is 5.92 Å². The molecule has 1 aliphatic rings. The largest absolute Gasteiger partial charge is 0.362 e. The zero-order valence-corrected chi connectivity index (χ0v) is 13.9. The minimum absolute atomic E-state index is 0.0980. The molecule has 0 aliphatic carbocycles. The van der Waals surface area contributed by atoms with Crippen molar-refractivity contribution in [2.75, 3.05) is 0 Å². The molecule has 6 nitrogen and oxygen atoms in total. The summed E-state index contributed by atoms with van der Waals surface area (Å²) in [4.78, 5) is 11.5. The van der Waals surface area contributed by atoms with E-state index in [1.807, 2.05) is 0 Å². The van der Waals surface area contributed by atoms with Crippen LogP contribution in [0.15, 0.2) is 60.7 Å². The van der Waals surface area contributed by atoms with Gasteiger partial charge in [0.05, 0.1) is 17.0 Å². The van der Waals surface area contributed by atoms with Gasteiger partial charge in [0.2, 0.25) is 5.72 Å². The zero-order valence-electron chi connectivity index (χ0n) is 13.1. The lowest BCUT2D eigenvalue weighted by atomic mass is 9.72. The number of piperidine rings is 1. The Morgan fingerprint density at radius 1 is 1.16 bits per heavy atom. The third-order valence-electron chi connectivity index (χ3n) is 4.49. The van der Waals surface area contributed by atoms with Crippen molar-refractivity contribution in [1.29, 1.82) is 5.26 Å². The molecule has 1 unspecified atom stereocenters. The first-order chi connectivity index (χ1) is 12.0. The lowest BCUT2D eigenvalue weighted by molar-refractivity contribution is -0.556. The van der Waals surface area contributed by atoms with Crippen LogP contribution in [0.3, 0.4) is 0 Å². The molecule has 0 aromatic heterocycles. The quantitative estimate of drug-likeness (QED) is 0.499. The second-order valence-electron chi connectivity index (χ2n) is 5.90. The fraction of sp³-hybridized carbons (Fsp3) is 0.222. The first-order valence-electron chi connectivity index (χ1n) is 7.67. The van der Waals surface area contributed by atoms with E-state index in [1.54, 1.807) is 60.7 Å². The Morgan fingerprint density at radius 2 is 1.72 bits per heavy atom. The van der Waals surface area contributed by atoms with Crippen LogP contribution in [0.2, 0.25) is 0 Å². The third kappa shape index (κ3) is 2.86. The Hall–Kier alpha value is -2.82. The zero-order chi connectivity index (χ0) is 18.0. The molecule has 2 aromatic carbocycles. The normalized spacial score (nSPS) is 28.6. The van der Waals surface area contributed by atoms with Crippen molar-refractivity contribution in [3.05, 3.63) is 81.9 Å². The summed E-state index contributed by atoms with van der Waals surface area (Å²) < 4.78 is 0. The number of hydrogen-bond donors (Lipinski definition) is 2. The second-order valence-corrected chi connectivity index (χ2v) is 6.33. The van der Waals surface area contributed by atoms with Crippen molar-refractivity contribution in [3.8, 4) is 6.07 Å². The van der Waals surface area contributed by atoms with Crippen LogP contribution in [0.5, 0.6) is 0 Å². The first kappa shape index (κ1) is 17.0. The molecule has 4 atom stereocenters. The molecule has 0 saturated carbocycles. The van der Waals surface area contributed by atoms with Gasteiger partial charge in [-0.25, -0.2) is 0 Å². The lowest BCUT2D eigenvalue weighted by Crippen LogP contribution is -2.65. The van der Waals surface area contributed by atoms with E-state index in [2.05, 4.69) is 11.4 Å². The van der Waals surface area contributed by atoms with Gasteiger partial charge in [-0.1, -0.05) is 72.9 Å². The number of nitrogens with zero attached hydrogens (tertiary/aromatic N) is 2. The molecule has 126 valence electrons. The third-order valence-corrected chi connectivity index (χ3v) is 4.84. The van der Waals surface area contributed by atoms with E-state index in [9.17, 15) is 20.5 Å². The van der Waals surface area contributed by atoms with Gasteiger partial charge in [0, 0.05) is 10.5 Å². The van der Waals surface area contributed by atoms with E-state index in [1.165, 1.54) is 0 Å². The van der Waals surface area contributed by atoms with Crippen LogP contribution in [0.1, 0.15) is 17.0 Å². The molecular formula is C18H15N3O3S. The summed E-state index contributed by atoms with van der Waals surface area (Å²) in [6.07, 6.45) is 0. The van der Waals surface area contributed by atoms with Gasteiger partial charge in [0.15, 0.2) is 0 Å². The second kappa shape index (κ2) is 6.59. The van der Waals surface area contributed by atoms with Crippen LogP contribution in [0.25, 0.3) is 0 Å². The standard InChI is InChI=1S/C18H15N3O3S/c19-11-14-15(12-7-3-1-4-8-12)16(21(23)24)18(22,20-17(14)25)13-9-5-2-6-10-13/h1-10,14-16,22H,(H,20,25)/t14-,15-,16+,18?/m0/s1. The molecule has 1 aliphatic heterocycles. The molecule has 7 heteroatoms. The monoisotopic (exact) mass is 353 g/mol. The number of benzene rings is 2. The van der Waals surface area contributed by atoms with Gasteiger partial charge < -0.3 is 10.4 Å². The number of nitriles is 1. The predicted molar refractivity (Wildman–Crippen MR) is 95.1 cm³/mol. The summed E-state index contributed by atoms with van der Waals surface area (Å²) in [6, 6.07) is 17.6. The highest BCUT2D eigenvalue weighted by atomic mass is 32.1. The van der Waals surface area contributed by atoms with Crippen LogP contribution in [0, 0.1) is 27.4 Å². The topological polar surface area (TPSA) is 99.2 Å². The maximum Gasteiger partial charge on any atom is 0.272 e. The van der Waals surface area contributed by atoms with Crippen molar-refractivity contribution >= 4 is 17.2 Å². The average Bonchev–Trinajstić information content (AvgIpc) is 2.62. The van der Waals surface area contributed by atoms with Gasteiger partial charge in [-0.05, 0) is 5.56 Å². The summed E-state index contributed by atoms with van der Waals surface area (Å²) in [5.74, 6) is -1.78. The summed E-state index contributed by atoms with van der Waals surface area (Å²) in [6.45, 7) is 0. The van der Waals surface area contributed by atoms with Gasteiger partial charge in [-0.2, -0.15) is 5.26 Å². The van der Waals surface area contributed by atoms with Crippen molar-refractivity contribution in [3.63, 3.8) is 0 Å². The van der Waals surface area contributed by atoms with Crippen LogP contribution in [-0.4, -0.2) is 21.1 Å². The Kier molecular flexibility index (Phi) is 4.49. The highest BCUT2D eigenvalue weighted by molar-refractivity contribution is 7.80. The molecule has 2 aromatic rings. The Labute approximate surface area is 149 Å². The van der Waals surface area contributed by atoms with Gasteiger partial charge in [-0.15, -0.1) is 0 Å². The molecular weight excluding hydrogens is 338 g/mol. The maximum atomic E-state index is 11.9. The van der Waals surface area contributed by atoms with Crippen molar-refractivity contribution in [1.82, 2.24) is 5.32 Å². The molecule has 3 rings (SSSR count). The fourth-order valence-corrected chi connectivity index (χ4v) is 3.71. The molecule has 1 heterocycles. The van der Waals surface area contributed by atoms with E-state index in [0.717, 1.165) is 0 Å². The molecule has 0 radical (unpaired) electrons. The predicted octanol–water partition coefficient (Wildman–Crippen LogP) is 2.33. The summed E-state index contributed by atoms with van der Waals surface area (Å²) >= 11 is 5.28. The Balaban J connectivity index is 2.21. The molecule has 0 bridgehead atoms. The Morgan fingerprint density at radius 3 is 2.24 bits per heavy atom. The highest BCUT2D eigenvalue weighted by Crippen LogP contribution is 2.42. The van der Waals surface area contributed by atoms with E-state index in [0.29, 0.717) is 11.1 Å². The number of hydrogen-bond acceptors (Lipinski definition) is 5. The minimum Gasteiger partial charge on any atom is -0.362 e. The lowest BCUT2D eigenvalue weighted by Gasteiger charge is -2.43. The SMILES string of the molecule is N#C[C@@H]1C(=S)NC(O)(c2ccccc2)[C@H]([N+](=O)[O-])[C@H]1c1ccccc1. The Bertz CT molecular complexity index is 838. The van der Waals surface area contributed by atoms with Crippen LogP contribution >= 0.6 is 12.2 Å². The molecule has 25 heavy (non-hydrogen) atoms. The smallest absolute Gasteiger partial charge is 0.272 e. The van der Waals surface area contributed by atoms with E-state index >= 15 is 0 Å². The van der Waals surface area contributed by atoms with E-state index < -0.39 is 28.5 Å². The molecule has 1 saturated heterocycles. The van der Waals surface area contributed by atoms with Crippen LogP contribution < -0.4 is 5.32 Å². The summed E-state index contributed by atoms with van der Waals surface area (Å²) in [5.41, 5.74) is -1.08. The highest BCUT2D eigenvalue weighted by Gasteiger charge is 2.59. The van der Waals surface area contributed by atoms with Crippen molar-refractivity contribution < 1.29 is 10.0 Å². The fourth-order valence-electron chi connectivity index (χ4n) is 3.35. The van der Waals surface area contributed by atoms with Gasteiger partial charge in [-0.3, -0.25) is 10.1 Å². The van der Waals surface area contributed by atoms with Crippen LogP contribution in [-0.2, 0) is 5.72 Å². The van der Waals surface area contributed by atoms with Gasteiger partial charge >= 0.3 is 0 Å². The van der Waals surface area contributed by atoms with Gasteiger partial charge in [0.1, 0.15) is 5.92 Å². The molecule has 2 N–H and O–H groups in total. The van der Waals surface area contributed by atoms with Crippen LogP contribution in [0.4, 0.5) is 0 Å². The summed E-state index contributed by atoms with van der Waals surface area (Å²) in [5, 5.41) is 35.4. The van der Waals surface area contributed by atoms with Crippen molar-refractivity contribution in [2.45, 2.75) is 17.7 Å². The summed E-state index contributed by atoms with van der Waals surface area (Å²) in [7, 11) is 0. The average molecular weight is 353 g/mol. The maximum absolute atomic E-state index is 11.9. The molecule has 0 amide bonds. The molecule has 1 fully saturated rings. The minimum atomic E-state index is -2.00. The number of nitro groups is 1. The van der Waals surface area contributed by atoms with E-state index in [-0.39, 0.29) is 4.99 Å². The molecule has 0 spiro atoms. The number of thiocarbonyl (C=S) groups is 1. The van der Waals surface area contributed by atoms with E-state index in [4.69, 9.17) is 12.2 Å². The number of nitrogens with one attached hydrogen (secondary N) is 1. The number of rotatable bonds is 3.